The number of fused-ring (bicyclic) bond motifs is 5. The summed E-state index contributed by atoms with van der Waals surface area (Å²) in [5, 5.41) is 22.8. The molecule has 61 heavy (non-hydrogen) atoms. The van der Waals surface area contributed by atoms with E-state index in [9.17, 15) is 39.2 Å². The lowest BCUT2D eigenvalue weighted by atomic mass is 9.86. The van der Waals surface area contributed by atoms with E-state index in [0.29, 0.717) is 28.7 Å². The van der Waals surface area contributed by atoms with Gasteiger partial charge in [0.2, 0.25) is 0 Å². The molecule has 0 saturated carbocycles. The summed E-state index contributed by atoms with van der Waals surface area (Å²) >= 11 is 0. The maximum atomic E-state index is 13.7. The first-order valence-corrected chi connectivity index (χ1v) is 19.6. The number of aryl methyl sites for hydroxylation is 1. The van der Waals surface area contributed by atoms with Gasteiger partial charge in [-0.2, -0.15) is 0 Å². The zero-order chi connectivity index (χ0) is 44.2. The zero-order valence-corrected chi connectivity index (χ0v) is 34.7. The number of non-ortho nitro benzene ring substituents is 1. The number of nitrogens with zero attached hydrogens (tertiary/aromatic N) is 5. The van der Waals surface area contributed by atoms with Crippen LogP contribution >= 0.6 is 0 Å². The molecule has 0 bridgehead atoms. The molecule has 6 rings (SSSR count). The SMILES string of the molecule is CCc1c2c(nc3ccc(OC(=O)N(CCOCCOC(=O)Oc4ccc([N+](=O)[O-])cc4)CCN(C)C(=O)OC(C)(C)C)cc13)-c1cc3c(c(=O)n1C2)COC(=O)[C@]3(O)CC. The van der Waals surface area contributed by atoms with Crippen LogP contribution in [0.1, 0.15) is 63.3 Å². The number of hydrogen-bond donors (Lipinski definition) is 1. The fourth-order valence-electron chi connectivity index (χ4n) is 6.99. The lowest BCUT2D eigenvalue weighted by Crippen LogP contribution is -2.44. The number of aromatic nitrogens is 2. The number of nitro benzene ring substituents is 1. The standard InChI is InChI=1S/C42H47N5O14/c1-7-28-29-21-27(13-14-33(29)43-35-30(28)23-46-34(35)22-32-31(36(46)48)24-58-37(49)42(32,53)8-2)59-39(51)45(16-15-44(6)38(50)61-41(3,4)5)17-18-56-19-20-57-40(52)60-26-11-9-25(10-12-26)47(54)55/h9-14,21-22,53H,7-8,15-20,23-24H2,1-6H3/t42-/m0/s1. The van der Waals surface area contributed by atoms with Crippen LogP contribution < -0.4 is 15.0 Å². The molecule has 4 heterocycles. The molecule has 2 aromatic heterocycles. The molecule has 0 fully saturated rings. The van der Waals surface area contributed by atoms with Gasteiger partial charge in [-0.05, 0) is 75.6 Å². The number of nitro groups is 1. The van der Waals surface area contributed by atoms with E-state index in [1.807, 2.05) is 6.92 Å². The second-order valence-electron chi connectivity index (χ2n) is 15.4. The summed E-state index contributed by atoms with van der Waals surface area (Å²) in [7, 11) is 1.54. The van der Waals surface area contributed by atoms with Gasteiger partial charge in [0.05, 0.1) is 47.1 Å². The summed E-state index contributed by atoms with van der Waals surface area (Å²) in [5.41, 5.74) is 0.492. The Hall–Kier alpha value is -6.60. The average molecular weight is 846 g/mol. The second kappa shape index (κ2) is 17.9. The van der Waals surface area contributed by atoms with Crippen LogP contribution in [0.15, 0.2) is 53.3 Å². The molecule has 0 saturated heterocycles. The third kappa shape index (κ3) is 9.57. The summed E-state index contributed by atoms with van der Waals surface area (Å²) in [5.74, 6) is -0.531. The Labute approximate surface area is 349 Å². The smallest absolute Gasteiger partial charge is 0.458 e. The van der Waals surface area contributed by atoms with Crippen molar-refractivity contribution in [2.75, 3.05) is 46.5 Å². The number of benzene rings is 2. The summed E-state index contributed by atoms with van der Waals surface area (Å²) in [6.45, 7) is 8.71. The highest BCUT2D eigenvalue weighted by atomic mass is 16.7. The van der Waals surface area contributed by atoms with Crippen LogP contribution in [0.3, 0.4) is 0 Å². The van der Waals surface area contributed by atoms with Crippen LogP contribution in [0.25, 0.3) is 22.3 Å². The lowest BCUT2D eigenvalue weighted by Gasteiger charge is -2.31. The van der Waals surface area contributed by atoms with Gasteiger partial charge in [0.25, 0.3) is 11.2 Å². The van der Waals surface area contributed by atoms with Crippen molar-refractivity contribution in [2.45, 2.75) is 71.8 Å². The Morgan fingerprint density at radius 1 is 0.951 bits per heavy atom. The molecule has 19 nitrogen and oxygen atoms in total. The number of likely N-dealkylation sites (N-methyl/N-ethyl adjacent to an activating group) is 1. The topological polar surface area (TPSA) is 228 Å². The first-order chi connectivity index (χ1) is 28.9. The van der Waals surface area contributed by atoms with Crippen molar-refractivity contribution < 1.29 is 57.6 Å². The quantitative estimate of drug-likeness (QED) is 0.0366. The minimum Gasteiger partial charge on any atom is -0.458 e. The predicted molar refractivity (Wildman–Crippen MR) is 216 cm³/mol. The molecule has 4 aromatic rings. The molecule has 2 aliphatic heterocycles. The molecule has 0 radical (unpaired) electrons. The fraction of sp³-hybridized carbons (Fsp3) is 0.429. The van der Waals surface area contributed by atoms with Crippen molar-refractivity contribution >= 4 is 40.9 Å². The van der Waals surface area contributed by atoms with E-state index in [1.165, 1.54) is 34.1 Å². The largest absolute Gasteiger partial charge is 0.513 e. The Morgan fingerprint density at radius 3 is 2.34 bits per heavy atom. The monoisotopic (exact) mass is 845 g/mol. The Morgan fingerprint density at radius 2 is 1.67 bits per heavy atom. The van der Waals surface area contributed by atoms with E-state index >= 15 is 0 Å². The maximum absolute atomic E-state index is 13.7. The van der Waals surface area contributed by atoms with Crippen molar-refractivity contribution in [1.82, 2.24) is 19.4 Å². The van der Waals surface area contributed by atoms with Gasteiger partial charge in [-0.25, -0.2) is 24.2 Å². The fourth-order valence-corrected chi connectivity index (χ4v) is 6.99. The molecule has 0 spiro atoms. The van der Waals surface area contributed by atoms with Crippen LogP contribution in [-0.2, 0) is 48.9 Å². The van der Waals surface area contributed by atoms with Crippen molar-refractivity contribution in [3.63, 3.8) is 0 Å². The molecule has 19 heteroatoms. The number of hydrogen-bond acceptors (Lipinski definition) is 15. The van der Waals surface area contributed by atoms with E-state index in [0.717, 1.165) is 11.1 Å². The Kier molecular flexibility index (Phi) is 12.9. The van der Waals surface area contributed by atoms with E-state index in [-0.39, 0.29) is 92.9 Å². The minimum absolute atomic E-state index is 0.000921. The number of cyclic esters (lactones) is 1. The third-order valence-electron chi connectivity index (χ3n) is 10.2. The molecule has 0 aliphatic carbocycles. The first-order valence-electron chi connectivity index (χ1n) is 19.6. The van der Waals surface area contributed by atoms with Gasteiger partial charge in [-0.1, -0.05) is 13.8 Å². The predicted octanol–water partition coefficient (Wildman–Crippen LogP) is 5.45. The number of ether oxygens (including phenoxy) is 6. The molecule has 1 N–H and O–H groups in total. The van der Waals surface area contributed by atoms with Crippen LogP contribution in [0, 0.1) is 10.1 Å². The van der Waals surface area contributed by atoms with E-state index < -0.39 is 40.4 Å². The lowest BCUT2D eigenvalue weighted by molar-refractivity contribution is -0.384. The number of pyridine rings is 2. The van der Waals surface area contributed by atoms with Crippen molar-refractivity contribution in [3.05, 3.63) is 91.3 Å². The number of aliphatic hydroxyl groups is 1. The number of esters is 1. The van der Waals surface area contributed by atoms with Gasteiger partial charge >= 0.3 is 24.3 Å². The van der Waals surface area contributed by atoms with Gasteiger partial charge in [0.1, 0.15) is 30.3 Å². The van der Waals surface area contributed by atoms with Crippen LogP contribution in [0.5, 0.6) is 11.5 Å². The van der Waals surface area contributed by atoms with Gasteiger partial charge in [-0.15, -0.1) is 0 Å². The highest BCUT2D eigenvalue weighted by Gasteiger charge is 2.45. The van der Waals surface area contributed by atoms with Crippen LogP contribution in [0.2, 0.25) is 0 Å². The number of carbonyl (C=O) groups excluding carboxylic acids is 4. The van der Waals surface area contributed by atoms with Gasteiger partial charge in [0, 0.05) is 55.3 Å². The number of rotatable bonds is 14. The Bertz CT molecular complexity index is 2430. The highest BCUT2D eigenvalue weighted by Crippen LogP contribution is 2.41. The summed E-state index contributed by atoms with van der Waals surface area (Å²) in [4.78, 5) is 82.7. The highest BCUT2D eigenvalue weighted by molar-refractivity contribution is 5.90. The van der Waals surface area contributed by atoms with Gasteiger partial charge in [0.15, 0.2) is 5.60 Å². The minimum atomic E-state index is -1.95. The third-order valence-corrected chi connectivity index (χ3v) is 10.2. The van der Waals surface area contributed by atoms with Crippen molar-refractivity contribution in [1.29, 1.82) is 0 Å². The van der Waals surface area contributed by atoms with E-state index in [1.54, 1.807) is 63.6 Å². The zero-order valence-electron chi connectivity index (χ0n) is 34.7. The van der Waals surface area contributed by atoms with Crippen molar-refractivity contribution in [3.8, 4) is 22.9 Å². The summed E-state index contributed by atoms with van der Waals surface area (Å²) < 4.78 is 33.7. The second-order valence-corrected chi connectivity index (χ2v) is 15.4. The number of carbonyl (C=O) groups is 4. The molecule has 2 aliphatic rings. The van der Waals surface area contributed by atoms with Gasteiger partial charge in [-0.3, -0.25) is 14.9 Å². The molecule has 1 atom stereocenters. The van der Waals surface area contributed by atoms with Crippen molar-refractivity contribution in [2.24, 2.45) is 0 Å². The molecular formula is C42H47N5O14. The van der Waals surface area contributed by atoms with Crippen LogP contribution in [0.4, 0.5) is 20.1 Å². The molecule has 0 unspecified atom stereocenters. The van der Waals surface area contributed by atoms with E-state index in [4.69, 9.17) is 33.4 Å². The average Bonchev–Trinajstić information content (AvgIpc) is 3.58. The Balaban J connectivity index is 1.15. The molecule has 324 valence electrons. The van der Waals surface area contributed by atoms with Crippen LogP contribution in [-0.4, -0.2) is 106 Å². The number of amides is 2. The molecule has 2 aromatic carbocycles. The molecule has 2 amide bonds. The van der Waals surface area contributed by atoms with E-state index in [2.05, 4.69) is 0 Å². The molecular weight excluding hydrogens is 798 g/mol. The maximum Gasteiger partial charge on any atom is 0.513 e. The first kappa shape index (κ1) is 44.0. The van der Waals surface area contributed by atoms with Gasteiger partial charge < -0.3 is 47.9 Å². The normalized spacial score (nSPS) is 15.2. The summed E-state index contributed by atoms with van der Waals surface area (Å²) in [6.07, 6.45) is -1.79. The summed E-state index contributed by atoms with van der Waals surface area (Å²) in [6, 6.07) is 11.5.